The number of hydrogen-bond donors (Lipinski definition) is 1. The second kappa shape index (κ2) is 5.98. The lowest BCUT2D eigenvalue weighted by molar-refractivity contribution is -0.110. The van der Waals surface area contributed by atoms with Crippen LogP contribution >= 0.6 is 11.3 Å². The van der Waals surface area contributed by atoms with Crippen molar-refractivity contribution >= 4 is 22.9 Å². The summed E-state index contributed by atoms with van der Waals surface area (Å²) in [4.78, 5) is 18.3. The Morgan fingerprint density at radius 1 is 1.43 bits per heavy atom. The Bertz CT molecular complexity index is 672. The molecule has 1 amide bonds. The van der Waals surface area contributed by atoms with E-state index in [1.54, 1.807) is 11.3 Å². The fraction of sp³-hybridized carbons (Fsp3) is 0.250. The number of rotatable bonds is 4. The molecule has 0 aliphatic carbocycles. The number of nitrogens with one attached hydrogen (secondary N) is 1. The molecule has 1 aromatic heterocycles. The number of carbonyl (C=O) groups is 1. The number of anilines is 1. The highest BCUT2D eigenvalue weighted by Crippen LogP contribution is 2.32. The van der Waals surface area contributed by atoms with Crippen molar-refractivity contribution in [1.82, 2.24) is 10.3 Å². The van der Waals surface area contributed by atoms with Crippen molar-refractivity contribution in [1.29, 1.82) is 0 Å². The molecule has 1 aromatic carbocycles. The summed E-state index contributed by atoms with van der Waals surface area (Å²) in [6, 6.07) is 8.15. The number of aromatic nitrogens is 1. The number of thiazole rings is 1. The van der Waals surface area contributed by atoms with E-state index < -0.39 is 0 Å². The molecule has 2 heterocycles. The highest BCUT2D eigenvalue weighted by Gasteiger charge is 2.24. The first-order valence-electron chi connectivity index (χ1n) is 6.77. The van der Waals surface area contributed by atoms with Crippen LogP contribution in [0.25, 0.3) is 10.4 Å². The van der Waals surface area contributed by atoms with E-state index in [1.165, 1.54) is 0 Å². The Labute approximate surface area is 127 Å². The van der Waals surface area contributed by atoms with E-state index in [0.29, 0.717) is 0 Å². The predicted molar refractivity (Wildman–Crippen MR) is 85.3 cm³/mol. The van der Waals surface area contributed by atoms with E-state index in [9.17, 15) is 4.79 Å². The Morgan fingerprint density at radius 3 is 2.95 bits per heavy atom. The first kappa shape index (κ1) is 13.7. The molecule has 1 atom stereocenters. The van der Waals surface area contributed by atoms with Crippen molar-refractivity contribution in [2.24, 2.45) is 0 Å². The number of benzene rings is 1. The standard InChI is InChI=1S/C16H15N3OS/c1-2-12-3-5-13(6-4-12)15-9-17-16(21-15)19-8-7-14(10-19)18-11-20/h1,3-6,9,11,14H,7-8,10H2,(H,18,20)/t14-/m0/s1. The fourth-order valence-electron chi connectivity index (χ4n) is 2.44. The second-order valence-corrected chi connectivity index (χ2v) is 5.95. The topological polar surface area (TPSA) is 45.2 Å². The average Bonchev–Trinajstić information content (AvgIpc) is 3.16. The van der Waals surface area contributed by atoms with Gasteiger partial charge >= 0.3 is 0 Å². The van der Waals surface area contributed by atoms with Crippen molar-refractivity contribution in [2.75, 3.05) is 18.0 Å². The molecule has 1 N–H and O–H groups in total. The van der Waals surface area contributed by atoms with Crippen LogP contribution in [0.1, 0.15) is 12.0 Å². The molecule has 0 spiro atoms. The Hall–Kier alpha value is -2.32. The van der Waals surface area contributed by atoms with Gasteiger partial charge in [0.2, 0.25) is 6.41 Å². The minimum atomic E-state index is 0.227. The van der Waals surface area contributed by atoms with Gasteiger partial charge in [-0.3, -0.25) is 4.79 Å². The van der Waals surface area contributed by atoms with E-state index in [2.05, 4.69) is 21.1 Å². The quantitative estimate of drug-likeness (QED) is 0.694. The number of carbonyl (C=O) groups excluding carboxylic acids is 1. The molecule has 0 bridgehead atoms. The summed E-state index contributed by atoms with van der Waals surface area (Å²) in [7, 11) is 0. The summed E-state index contributed by atoms with van der Waals surface area (Å²) in [6.45, 7) is 1.75. The molecule has 2 aromatic rings. The van der Waals surface area contributed by atoms with Crippen LogP contribution in [0.3, 0.4) is 0 Å². The summed E-state index contributed by atoms with van der Waals surface area (Å²) in [5.74, 6) is 2.62. The van der Waals surface area contributed by atoms with Gasteiger partial charge in [0.1, 0.15) is 0 Å². The lowest BCUT2D eigenvalue weighted by Crippen LogP contribution is -2.31. The minimum absolute atomic E-state index is 0.227. The summed E-state index contributed by atoms with van der Waals surface area (Å²) >= 11 is 1.66. The smallest absolute Gasteiger partial charge is 0.207 e. The van der Waals surface area contributed by atoms with E-state index in [-0.39, 0.29) is 6.04 Å². The molecule has 1 aliphatic rings. The average molecular weight is 297 g/mol. The highest BCUT2D eigenvalue weighted by molar-refractivity contribution is 7.18. The molecular formula is C16H15N3OS. The van der Waals surface area contributed by atoms with Gasteiger partial charge in [-0.25, -0.2) is 4.98 Å². The van der Waals surface area contributed by atoms with Crippen LogP contribution in [0, 0.1) is 12.3 Å². The molecule has 1 aliphatic heterocycles. The number of nitrogens with zero attached hydrogens (tertiary/aromatic N) is 2. The maximum atomic E-state index is 10.5. The lowest BCUT2D eigenvalue weighted by Gasteiger charge is -2.14. The number of amides is 1. The molecular weight excluding hydrogens is 282 g/mol. The van der Waals surface area contributed by atoms with Crippen molar-refractivity contribution in [3.63, 3.8) is 0 Å². The van der Waals surface area contributed by atoms with Crippen molar-refractivity contribution in [2.45, 2.75) is 12.5 Å². The molecule has 21 heavy (non-hydrogen) atoms. The maximum absolute atomic E-state index is 10.5. The van der Waals surface area contributed by atoms with Gasteiger partial charge in [0.25, 0.3) is 0 Å². The van der Waals surface area contributed by atoms with Gasteiger partial charge in [-0.15, -0.1) is 6.42 Å². The first-order valence-corrected chi connectivity index (χ1v) is 7.59. The van der Waals surface area contributed by atoms with Gasteiger partial charge in [-0.2, -0.15) is 0 Å². The number of hydrogen-bond acceptors (Lipinski definition) is 4. The summed E-state index contributed by atoms with van der Waals surface area (Å²) in [5.41, 5.74) is 2.00. The third-order valence-corrected chi connectivity index (χ3v) is 4.70. The zero-order valence-corrected chi connectivity index (χ0v) is 12.3. The van der Waals surface area contributed by atoms with Crippen LogP contribution in [0.15, 0.2) is 30.5 Å². The van der Waals surface area contributed by atoms with Crippen molar-refractivity contribution in [3.8, 4) is 22.8 Å². The minimum Gasteiger partial charge on any atom is -0.354 e. The van der Waals surface area contributed by atoms with Gasteiger partial charge in [-0.1, -0.05) is 29.4 Å². The molecule has 0 unspecified atom stereocenters. The molecule has 3 rings (SSSR count). The van der Waals surface area contributed by atoms with E-state index in [4.69, 9.17) is 6.42 Å². The van der Waals surface area contributed by atoms with Crippen molar-refractivity contribution in [3.05, 3.63) is 36.0 Å². The second-order valence-electron chi connectivity index (χ2n) is 4.94. The summed E-state index contributed by atoms with van der Waals surface area (Å²) < 4.78 is 0. The zero-order valence-electron chi connectivity index (χ0n) is 11.5. The van der Waals surface area contributed by atoms with Gasteiger partial charge in [-0.05, 0) is 24.1 Å². The first-order chi connectivity index (χ1) is 10.3. The monoisotopic (exact) mass is 297 g/mol. The van der Waals surface area contributed by atoms with Crippen LogP contribution in [0.5, 0.6) is 0 Å². The molecule has 106 valence electrons. The molecule has 0 radical (unpaired) electrons. The molecule has 4 nitrogen and oxygen atoms in total. The largest absolute Gasteiger partial charge is 0.354 e. The van der Waals surface area contributed by atoms with Crippen LogP contribution in [-0.4, -0.2) is 30.5 Å². The lowest BCUT2D eigenvalue weighted by atomic mass is 10.1. The third-order valence-electron chi connectivity index (χ3n) is 3.59. The van der Waals surface area contributed by atoms with Gasteiger partial charge in [0.15, 0.2) is 5.13 Å². The van der Waals surface area contributed by atoms with Gasteiger partial charge < -0.3 is 10.2 Å². The van der Waals surface area contributed by atoms with Gasteiger partial charge in [0, 0.05) is 30.9 Å². The molecule has 0 saturated carbocycles. The summed E-state index contributed by atoms with van der Waals surface area (Å²) in [5, 5.41) is 3.83. The molecule has 5 heteroatoms. The maximum Gasteiger partial charge on any atom is 0.207 e. The Morgan fingerprint density at radius 2 is 2.24 bits per heavy atom. The normalized spacial score (nSPS) is 17.5. The van der Waals surface area contributed by atoms with E-state index in [1.807, 2.05) is 30.5 Å². The third kappa shape index (κ3) is 2.91. The van der Waals surface area contributed by atoms with E-state index in [0.717, 1.165) is 47.1 Å². The molecule has 1 fully saturated rings. The SMILES string of the molecule is C#Cc1ccc(-c2cnc(N3CC[C@H](NC=O)C3)s2)cc1. The molecule has 1 saturated heterocycles. The number of terminal acetylenes is 1. The van der Waals surface area contributed by atoms with Crippen LogP contribution in [0.4, 0.5) is 5.13 Å². The highest BCUT2D eigenvalue weighted by atomic mass is 32.1. The summed E-state index contributed by atoms with van der Waals surface area (Å²) in [6.07, 6.45) is 9.00. The zero-order chi connectivity index (χ0) is 14.7. The van der Waals surface area contributed by atoms with Crippen LogP contribution in [0.2, 0.25) is 0 Å². The van der Waals surface area contributed by atoms with Gasteiger partial charge in [0.05, 0.1) is 4.88 Å². The fourth-order valence-corrected chi connectivity index (χ4v) is 3.40. The van der Waals surface area contributed by atoms with Crippen LogP contribution in [-0.2, 0) is 4.79 Å². The van der Waals surface area contributed by atoms with Crippen molar-refractivity contribution < 1.29 is 4.79 Å². The predicted octanol–water partition coefficient (Wildman–Crippen LogP) is 2.12. The van der Waals surface area contributed by atoms with E-state index >= 15 is 0 Å². The Kier molecular flexibility index (Phi) is 3.89. The Balaban J connectivity index is 1.74. The van der Waals surface area contributed by atoms with Crippen LogP contribution < -0.4 is 10.2 Å².